The molecule has 2 amide bonds. The number of nitrogens with zero attached hydrogens (tertiary/aromatic N) is 3. The molecular formula is C17H22FN3O5S. The van der Waals surface area contributed by atoms with Crippen molar-refractivity contribution >= 4 is 21.8 Å². The molecule has 148 valence electrons. The van der Waals surface area contributed by atoms with Crippen LogP contribution in [0.15, 0.2) is 24.3 Å². The Labute approximate surface area is 157 Å². The van der Waals surface area contributed by atoms with Gasteiger partial charge in [0.05, 0.1) is 12.2 Å². The Morgan fingerprint density at radius 1 is 1.11 bits per heavy atom. The van der Waals surface area contributed by atoms with Gasteiger partial charge in [-0.25, -0.2) is 12.8 Å². The summed E-state index contributed by atoms with van der Waals surface area (Å²) in [5, 5.41) is 0. The molecule has 8 nitrogen and oxygen atoms in total. The Balaban J connectivity index is 1.42. The lowest BCUT2D eigenvalue weighted by atomic mass is 9.98. The van der Waals surface area contributed by atoms with Gasteiger partial charge in [-0.15, -0.1) is 0 Å². The van der Waals surface area contributed by atoms with Crippen LogP contribution in [0.3, 0.4) is 0 Å². The first kappa shape index (κ1) is 19.6. The van der Waals surface area contributed by atoms with Crippen molar-refractivity contribution < 1.29 is 27.1 Å². The molecule has 1 aromatic rings. The van der Waals surface area contributed by atoms with Gasteiger partial charge in [-0.05, 0) is 12.1 Å². The van der Waals surface area contributed by atoms with Crippen LogP contribution in [-0.2, 0) is 19.6 Å². The normalized spacial score (nSPS) is 18.9. The first-order valence-electron chi connectivity index (χ1n) is 8.64. The van der Waals surface area contributed by atoms with Gasteiger partial charge < -0.3 is 14.5 Å². The number of hydrogen-bond donors (Lipinski definition) is 0. The molecule has 2 heterocycles. The predicted octanol–water partition coefficient (Wildman–Crippen LogP) is -0.233. The highest BCUT2D eigenvalue weighted by atomic mass is 32.2. The molecule has 0 N–H and O–H groups in total. The summed E-state index contributed by atoms with van der Waals surface area (Å²) in [5.41, 5.74) is 0. The minimum atomic E-state index is -3.24. The monoisotopic (exact) mass is 399 g/mol. The maximum Gasteiger partial charge on any atom is 0.260 e. The zero-order valence-electron chi connectivity index (χ0n) is 15.0. The van der Waals surface area contributed by atoms with Gasteiger partial charge in [-0.1, -0.05) is 12.1 Å². The molecule has 0 spiro atoms. The fraction of sp³-hybridized carbons (Fsp3) is 0.529. The number of benzene rings is 1. The van der Waals surface area contributed by atoms with E-state index in [4.69, 9.17) is 4.74 Å². The number of amides is 2. The first-order valence-corrected chi connectivity index (χ1v) is 10.5. The maximum atomic E-state index is 13.5. The summed E-state index contributed by atoms with van der Waals surface area (Å²) < 4.78 is 43.0. The van der Waals surface area contributed by atoms with Gasteiger partial charge in [-0.2, -0.15) is 4.31 Å². The summed E-state index contributed by atoms with van der Waals surface area (Å²) in [6, 6.07) is 5.85. The Kier molecular flexibility index (Phi) is 5.66. The van der Waals surface area contributed by atoms with Crippen LogP contribution in [0.5, 0.6) is 5.75 Å². The zero-order valence-corrected chi connectivity index (χ0v) is 15.8. The topological polar surface area (TPSA) is 87.2 Å². The quantitative estimate of drug-likeness (QED) is 0.683. The van der Waals surface area contributed by atoms with Crippen LogP contribution in [0.1, 0.15) is 0 Å². The van der Waals surface area contributed by atoms with Crippen molar-refractivity contribution in [3.63, 3.8) is 0 Å². The minimum Gasteiger partial charge on any atom is -0.481 e. The fourth-order valence-electron chi connectivity index (χ4n) is 3.13. The van der Waals surface area contributed by atoms with Crippen LogP contribution in [0, 0.1) is 11.7 Å². The molecule has 10 heteroatoms. The average Bonchev–Trinajstić information content (AvgIpc) is 2.59. The number of para-hydroxylation sites is 1. The number of ether oxygens (including phenoxy) is 1. The second-order valence-corrected chi connectivity index (χ2v) is 8.68. The molecule has 1 aromatic carbocycles. The Bertz CT molecular complexity index is 818. The number of sulfonamides is 1. The fourth-order valence-corrected chi connectivity index (χ4v) is 3.96. The third-order valence-electron chi connectivity index (χ3n) is 4.79. The van der Waals surface area contributed by atoms with E-state index in [0.29, 0.717) is 26.2 Å². The van der Waals surface area contributed by atoms with E-state index in [-0.39, 0.29) is 43.2 Å². The lowest BCUT2D eigenvalue weighted by Crippen LogP contribution is -2.60. The molecule has 2 aliphatic heterocycles. The van der Waals surface area contributed by atoms with Crippen molar-refractivity contribution in [2.24, 2.45) is 5.92 Å². The molecule has 0 bridgehead atoms. The van der Waals surface area contributed by atoms with Gasteiger partial charge in [0.2, 0.25) is 15.9 Å². The van der Waals surface area contributed by atoms with Gasteiger partial charge in [0.15, 0.2) is 18.2 Å². The highest BCUT2D eigenvalue weighted by Crippen LogP contribution is 2.21. The standard InChI is InChI=1S/C17H22FN3O5S/c1-27(24,25)21-8-6-19(7-9-21)17(23)13-10-20(11-13)16(22)12-26-15-5-3-2-4-14(15)18/h2-5,13H,6-12H2,1H3. The summed E-state index contributed by atoms with van der Waals surface area (Å²) in [6.45, 7) is 1.59. The van der Waals surface area contributed by atoms with Gasteiger partial charge >= 0.3 is 0 Å². The summed E-state index contributed by atoms with van der Waals surface area (Å²) >= 11 is 0. The third-order valence-corrected chi connectivity index (χ3v) is 6.09. The van der Waals surface area contributed by atoms with Gasteiger partial charge in [0.25, 0.3) is 5.91 Å². The van der Waals surface area contributed by atoms with Crippen molar-refractivity contribution in [3.05, 3.63) is 30.1 Å². The lowest BCUT2D eigenvalue weighted by Gasteiger charge is -2.42. The summed E-state index contributed by atoms with van der Waals surface area (Å²) in [7, 11) is -3.24. The Hall–Kier alpha value is -2.20. The number of carbonyl (C=O) groups is 2. The maximum absolute atomic E-state index is 13.5. The van der Waals surface area contributed by atoms with E-state index in [0.717, 1.165) is 6.26 Å². The number of halogens is 1. The third kappa shape index (κ3) is 4.56. The predicted molar refractivity (Wildman–Crippen MR) is 95.0 cm³/mol. The first-order chi connectivity index (χ1) is 12.8. The van der Waals surface area contributed by atoms with E-state index >= 15 is 0 Å². The van der Waals surface area contributed by atoms with Crippen molar-refractivity contribution in [2.45, 2.75) is 0 Å². The number of hydrogen-bond acceptors (Lipinski definition) is 5. The number of carbonyl (C=O) groups excluding carboxylic acids is 2. The van der Waals surface area contributed by atoms with Crippen molar-refractivity contribution in [3.8, 4) is 5.75 Å². The largest absolute Gasteiger partial charge is 0.481 e. The van der Waals surface area contributed by atoms with Gasteiger partial charge in [-0.3, -0.25) is 9.59 Å². The molecule has 27 heavy (non-hydrogen) atoms. The molecule has 0 saturated carbocycles. The highest BCUT2D eigenvalue weighted by molar-refractivity contribution is 7.88. The molecule has 0 aliphatic carbocycles. The Morgan fingerprint density at radius 3 is 2.33 bits per heavy atom. The summed E-state index contributed by atoms with van der Waals surface area (Å²) in [6.07, 6.45) is 1.16. The van der Waals surface area contributed by atoms with E-state index < -0.39 is 15.8 Å². The summed E-state index contributed by atoms with van der Waals surface area (Å²) in [5.74, 6) is -1.17. The number of piperazine rings is 1. The highest BCUT2D eigenvalue weighted by Gasteiger charge is 2.39. The molecule has 0 unspecified atom stereocenters. The molecule has 2 saturated heterocycles. The van der Waals surface area contributed by atoms with Gasteiger partial charge in [0, 0.05) is 39.3 Å². The molecule has 0 aromatic heterocycles. The van der Waals surface area contributed by atoms with Crippen molar-refractivity contribution in [1.82, 2.24) is 14.1 Å². The van der Waals surface area contributed by atoms with E-state index in [1.54, 1.807) is 11.0 Å². The van der Waals surface area contributed by atoms with Crippen LogP contribution < -0.4 is 4.74 Å². The minimum absolute atomic E-state index is 0.0164. The second kappa shape index (κ2) is 7.81. The van der Waals surface area contributed by atoms with Crippen LogP contribution in [0.25, 0.3) is 0 Å². The van der Waals surface area contributed by atoms with E-state index in [1.807, 2.05) is 0 Å². The zero-order chi connectivity index (χ0) is 19.6. The van der Waals surface area contributed by atoms with Crippen LogP contribution in [0.4, 0.5) is 4.39 Å². The lowest BCUT2D eigenvalue weighted by molar-refractivity contribution is -0.150. The van der Waals surface area contributed by atoms with E-state index in [2.05, 4.69) is 0 Å². The average molecular weight is 399 g/mol. The van der Waals surface area contributed by atoms with Crippen LogP contribution in [0.2, 0.25) is 0 Å². The van der Waals surface area contributed by atoms with Crippen molar-refractivity contribution in [1.29, 1.82) is 0 Å². The number of rotatable bonds is 5. The van der Waals surface area contributed by atoms with E-state index in [1.165, 1.54) is 27.4 Å². The van der Waals surface area contributed by atoms with Crippen LogP contribution in [-0.4, -0.2) is 86.5 Å². The molecule has 0 atom stereocenters. The molecular weight excluding hydrogens is 377 g/mol. The Morgan fingerprint density at radius 2 is 1.74 bits per heavy atom. The molecule has 2 aliphatic rings. The smallest absolute Gasteiger partial charge is 0.260 e. The number of likely N-dealkylation sites (tertiary alicyclic amines) is 1. The molecule has 2 fully saturated rings. The van der Waals surface area contributed by atoms with Gasteiger partial charge in [0.1, 0.15) is 0 Å². The van der Waals surface area contributed by atoms with Crippen LogP contribution >= 0.6 is 0 Å². The SMILES string of the molecule is CS(=O)(=O)N1CCN(C(=O)C2CN(C(=O)COc3ccccc3F)C2)CC1. The summed E-state index contributed by atoms with van der Waals surface area (Å²) in [4.78, 5) is 27.7. The molecule has 3 rings (SSSR count). The molecule has 0 radical (unpaired) electrons. The second-order valence-electron chi connectivity index (χ2n) is 6.70. The van der Waals surface area contributed by atoms with Crippen molar-refractivity contribution in [2.75, 3.05) is 52.1 Å². The van der Waals surface area contributed by atoms with E-state index in [9.17, 15) is 22.4 Å².